The number of ether oxygens (including phenoxy) is 1. The van der Waals surface area contributed by atoms with Crippen LogP contribution in [0.4, 0.5) is 0 Å². The summed E-state index contributed by atoms with van der Waals surface area (Å²) in [4.78, 5) is 12.3. The first-order valence-corrected chi connectivity index (χ1v) is 10.8. The lowest BCUT2D eigenvalue weighted by Gasteiger charge is -2.06. The van der Waals surface area contributed by atoms with Crippen molar-refractivity contribution in [2.75, 3.05) is 0 Å². The normalized spacial score (nSPS) is 11.3. The van der Waals surface area contributed by atoms with Crippen molar-refractivity contribution in [1.82, 2.24) is 15.0 Å². The van der Waals surface area contributed by atoms with Crippen LogP contribution in [0.15, 0.2) is 105 Å². The average molecular weight is 449 g/mol. The summed E-state index contributed by atoms with van der Waals surface area (Å²) in [5.74, 6) is 0.766. The smallest absolute Gasteiger partial charge is 0.336 e. The van der Waals surface area contributed by atoms with E-state index in [0.29, 0.717) is 30.0 Å². The van der Waals surface area contributed by atoms with Crippen LogP contribution < -0.4 is 10.4 Å². The Bertz CT molecular complexity index is 1650. The number of hydrogen-bond acceptors (Lipinski definition) is 6. The molecule has 0 spiro atoms. The van der Waals surface area contributed by atoms with Gasteiger partial charge in [-0.3, -0.25) is 0 Å². The largest absolute Gasteiger partial charge is 0.487 e. The summed E-state index contributed by atoms with van der Waals surface area (Å²) in [5.41, 5.74) is 4.22. The molecule has 0 amide bonds. The van der Waals surface area contributed by atoms with Gasteiger partial charge in [0.15, 0.2) is 0 Å². The van der Waals surface area contributed by atoms with Crippen molar-refractivity contribution in [3.8, 4) is 16.9 Å². The van der Waals surface area contributed by atoms with E-state index in [9.17, 15) is 4.79 Å². The summed E-state index contributed by atoms with van der Waals surface area (Å²) in [5, 5.41) is 10.2. The van der Waals surface area contributed by atoms with E-state index in [4.69, 9.17) is 13.6 Å². The Morgan fingerprint density at radius 2 is 1.68 bits per heavy atom. The minimum absolute atomic E-state index is 0.303. The van der Waals surface area contributed by atoms with Crippen molar-refractivity contribution >= 4 is 21.9 Å². The predicted octanol–water partition coefficient (Wildman–Crippen LogP) is 5.43. The molecule has 0 aliphatic heterocycles. The minimum atomic E-state index is -0.426. The molecule has 0 saturated carbocycles. The van der Waals surface area contributed by atoms with Gasteiger partial charge in [-0.2, -0.15) is 0 Å². The average Bonchev–Trinajstić information content (AvgIpc) is 3.49. The van der Waals surface area contributed by atoms with Gasteiger partial charge < -0.3 is 13.6 Å². The fraction of sp³-hybridized carbons (Fsp3) is 0.0741. The monoisotopic (exact) mass is 449 g/mol. The first kappa shape index (κ1) is 20.0. The highest BCUT2D eigenvalue weighted by Gasteiger charge is 2.14. The van der Waals surface area contributed by atoms with Gasteiger partial charge in [-0.05, 0) is 29.3 Å². The van der Waals surface area contributed by atoms with Crippen LogP contribution in [0, 0.1) is 0 Å². The lowest BCUT2D eigenvalue weighted by atomic mass is 10.0. The lowest BCUT2D eigenvalue weighted by molar-refractivity contribution is 0.301. The van der Waals surface area contributed by atoms with Crippen molar-refractivity contribution in [3.05, 3.63) is 113 Å². The Labute approximate surface area is 193 Å². The first-order valence-electron chi connectivity index (χ1n) is 10.8. The van der Waals surface area contributed by atoms with E-state index in [0.717, 1.165) is 33.2 Å². The van der Waals surface area contributed by atoms with Crippen molar-refractivity contribution in [1.29, 1.82) is 0 Å². The highest BCUT2D eigenvalue weighted by atomic mass is 16.5. The van der Waals surface area contributed by atoms with Crippen molar-refractivity contribution in [2.24, 2.45) is 0 Å². The Morgan fingerprint density at radius 1 is 0.882 bits per heavy atom. The third kappa shape index (κ3) is 3.84. The van der Waals surface area contributed by atoms with Crippen molar-refractivity contribution < 1.29 is 13.6 Å². The van der Waals surface area contributed by atoms with E-state index in [1.807, 2.05) is 72.9 Å². The van der Waals surface area contributed by atoms with E-state index in [-0.39, 0.29) is 0 Å². The van der Waals surface area contributed by atoms with Gasteiger partial charge in [0.1, 0.15) is 29.2 Å². The molecule has 6 rings (SSSR count). The van der Waals surface area contributed by atoms with E-state index >= 15 is 0 Å². The quantitative estimate of drug-likeness (QED) is 0.316. The second kappa shape index (κ2) is 8.37. The molecule has 7 heteroatoms. The first-order chi connectivity index (χ1) is 16.7. The molecule has 0 aliphatic rings. The molecule has 7 nitrogen and oxygen atoms in total. The van der Waals surface area contributed by atoms with Crippen molar-refractivity contribution in [2.45, 2.75) is 13.2 Å². The van der Waals surface area contributed by atoms with Gasteiger partial charge in [-0.1, -0.05) is 53.7 Å². The summed E-state index contributed by atoms with van der Waals surface area (Å²) >= 11 is 0. The molecule has 6 aromatic rings. The second-order valence-corrected chi connectivity index (χ2v) is 7.96. The maximum Gasteiger partial charge on any atom is 0.336 e. The van der Waals surface area contributed by atoms with Gasteiger partial charge in [0.2, 0.25) is 0 Å². The third-order valence-electron chi connectivity index (χ3n) is 5.66. The zero-order chi connectivity index (χ0) is 22.9. The van der Waals surface area contributed by atoms with Crippen LogP contribution in [0.5, 0.6) is 5.75 Å². The number of aromatic nitrogens is 3. The molecule has 0 fully saturated rings. The van der Waals surface area contributed by atoms with E-state index < -0.39 is 5.63 Å². The number of fused-ring (bicyclic) bond motifs is 2. The highest BCUT2D eigenvalue weighted by Crippen LogP contribution is 2.34. The number of furan rings is 1. The molecular formula is C27H19N3O4. The Morgan fingerprint density at radius 3 is 2.50 bits per heavy atom. The number of benzene rings is 3. The fourth-order valence-corrected chi connectivity index (χ4v) is 4.05. The number of nitrogens with zero attached hydrogens (tertiary/aromatic N) is 3. The zero-order valence-electron chi connectivity index (χ0n) is 18.0. The van der Waals surface area contributed by atoms with E-state index in [1.165, 1.54) is 6.07 Å². The van der Waals surface area contributed by atoms with Crippen LogP contribution in [0.2, 0.25) is 0 Å². The molecule has 0 N–H and O–H groups in total. The van der Waals surface area contributed by atoms with Crippen LogP contribution in [0.3, 0.4) is 0 Å². The SMILES string of the molecule is O=c1cc(Cn2cc(COc3ccccc3)nn2)c2cc3c(-c4ccccc4)coc3cc2o1. The van der Waals surface area contributed by atoms with Gasteiger partial charge in [0.05, 0.1) is 19.0 Å². The Hall–Kier alpha value is -4.65. The van der Waals surface area contributed by atoms with Gasteiger partial charge in [0.25, 0.3) is 0 Å². The van der Waals surface area contributed by atoms with Crippen LogP contribution in [0.1, 0.15) is 11.3 Å². The molecule has 0 atom stereocenters. The van der Waals surface area contributed by atoms with Crippen LogP contribution in [0.25, 0.3) is 33.1 Å². The summed E-state index contributed by atoms with van der Waals surface area (Å²) in [6.45, 7) is 0.669. The topological polar surface area (TPSA) is 83.3 Å². The zero-order valence-corrected chi connectivity index (χ0v) is 18.0. The fourth-order valence-electron chi connectivity index (χ4n) is 4.05. The molecule has 0 radical (unpaired) electrons. The summed E-state index contributed by atoms with van der Waals surface area (Å²) in [6.07, 6.45) is 3.54. The number of rotatable bonds is 6. The third-order valence-corrected chi connectivity index (χ3v) is 5.66. The van der Waals surface area contributed by atoms with Crippen molar-refractivity contribution in [3.63, 3.8) is 0 Å². The molecule has 34 heavy (non-hydrogen) atoms. The second-order valence-electron chi connectivity index (χ2n) is 7.96. The predicted molar refractivity (Wildman–Crippen MR) is 128 cm³/mol. The van der Waals surface area contributed by atoms with Gasteiger partial charge in [0, 0.05) is 28.5 Å². The van der Waals surface area contributed by atoms with Crippen LogP contribution in [-0.2, 0) is 13.2 Å². The minimum Gasteiger partial charge on any atom is -0.487 e. The van der Waals surface area contributed by atoms with Crippen LogP contribution in [-0.4, -0.2) is 15.0 Å². The van der Waals surface area contributed by atoms with Gasteiger partial charge in [-0.15, -0.1) is 5.10 Å². The molecule has 166 valence electrons. The maximum atomic E-state index is 12.3. The van der Waals surface area contributed by atoms with Gasteiger partial charge >= 0.3 is 5.63 Å². The van der Waals surface area contributed by atoms with E-state index in [1.54, 1.807) is 17.0 Å². The van der Waals surface area contributed by atoms with Gasteiger partial charge in [-0.25, -0.2) is 9.48 Å². The molecule has 0 bridgehead atoms. The summed E-state index contributed by atoms with van der Waals surface area (Å²) < 4.78 is 18.7. The summed E-state index contributed by atoms with van der Waals surface area (Å²) in [6, 6.07) is 24.8. The molecule has 3 aromatic heterocycles. The molecule has 0 unspecified atom stereocenters. The molecule has 3 aromatic carbocycles. The molecule has 0 aliphatic carbocycles. The highest BCUT2D eigenvalue weighted by molar-refractivity contribution is 6.02. The number of para-hydroxylation sites is 1. The maximum absolute atomic E-state index is 12.3. The summed E-state index contributed by atoms with van der Waals surface area (Å²) in [7, 11) is 0. The Kier molecular flexibility index (Phi) is 4.92. The van der Waals surface area contributed by atoms with Crippen LogP contribution >= 0.6 is 0 Å². The molecule has 0 saturated heterocycles. The number of hydrogen-bond donors (Lipinski definition) is 0. The molecule has 3 heterocycles. The Balaban J connectivity index is 1.34. The van der Waals surface area contributed by atoms with E-state index in [2.05, 4.69) is 10.3 Å². The standard InChI is InChI=1S/C27H19N3O4/c31-27-11-19(14-30-15-20(28-29-30)16-32-21-9-5-2-6-10-21)22-12-23-24(18-7-3-1-4-8-18)17-33-25(23)13-26(22)34-27/h1-13,15,17H,14,16H2. The lowest BCUT2D eigenvalue weighted by Crippen LogP contribution is -2.06. The molecular weight excluding hydrogens is 430 g/mol.